The van der Waals surface area contributed by atoms with Crippen molar-refractivity contribution in [1.82, 2.24) is 5.32 Å². The maximum Gasteiger partial charge on any atom is 0.397 e. The van der Waals surface area contributed by atoms with E-state index in [0.29, 0.717) is 6.42 Å². The highest BCUT2D eigenvalue weighted by atomic mass is 32.3. The number of aliphatic hydroxyl groups is 4. The molecule has 1 amide bonds. The molecule has 12 nitrogen and oxygen atoms in total. The topological polar surface area (TPSA) is 192 Å². The van der Waals surface area contributed by atoms with Crippen LogP contribution in [0.4, 0.5) is 0 Å². The van der Waals surface area contributed by atoms with Gasteiger partial charge in [0.05, 0.1) is 25.4 Å². The maximum absolute atomic E-state index is 12.9. The number of allylic oxidation sites excluding steroid dienone is 3. The zero-order valence-electron chi connectivity index (χ0n) is 35.7. The van der Waals surface area contributed by atoms with E-state index in [1.807, 2.05) is 6.08 Å². The average Bonchev–Trinajstić information content (AvgIpc) is 3.18. The van der Waals surface area contributed by atoms with Gasteiger partial charge in [0.2, 0.25) is 5.91 Å². The van der Waals surface area contributed by atoms with Gasteiger partial charge in [0.25, 0.3) is 0 Å². The number of hydrogen-bond acceptors (Lipinski definition) is 10. The molecule has 0 radical (unpaired) electrons. The molecule has 57 heavy (non-hydrogen) atoms. The Balaban J connectivity index is 2.49. The standard InChI is InChI=1S/C44H83NO11S/c1-3-5-7-9-11-13-15-16-17-18-19-20-21-22-23-24-25-27-29-31-33-38(47)37(45-40(48)34-32-30-28-26-14-12-10-8-6-4-2)36-54-44-42(50)43(56-57(51,52)53)41(49)39(35-46)55-44/h10,12,31,33,37-39,41-44,46-47,49-50H,3-9,11,13-30,32,34-36H2,1-2H3,(H,45,48)(H,51,52,53)/b12-10-,33-31+. The summed E-state index contributed by atoms with van der Waals surface area (Å²) in [6.07, 6.45) is 30.9. The minimum absolute atomic E-state index is 0.254. The second-order valence-corrected chi connectivity index (χ2v) is 17.0. The van der Waals surface area contributed by atoms with Crippen molar-refractivity contribution in [2.75, 3.05) is 13.2 Å². The molecule has 7 atom stereocenters. The number of rotatable bonds is 38. The Bertz CT molecular complexity index is 1120. The average molecular weight is 834 g/mol. The Labute approximate surface area is 346 Å². The third-order valence-corrected chi connectivity index (χ3v) is 11.2. The van der Waals surface area contributed by atoms with Crippen LogP contribution in [0, 0.1) is 0 Å². The van der Waals surface area contributed by atoms with Gasteiger partial charge < -0.3 is 35.2 Å². The number of aliphatic hydroxyl groups excluding tert-OH is 4. The zero-order valence-corrected chi connectivity index (χ0v) is 36.5. The normalized spacial score (nSPS) is 21.4. The number of carbonyl (C=O) groups excluding carboxylic acids is 1. The van der Waals surface area contributed by atoms with E-state index >= 15 is 0 Å². The lowest BCUT2D eigenvalue weighted by atomic mass is 9.99. The summed E-state index contributed by atoms with van der Waals surface area (Å²) in [4.78, 5) is 12.9. The van der Waals surface area contributed by atoms with Gasteiger partial charge in [0.15, 0.2) is 6.29 Å². The Morgan fingerprint density at radius 1 is 0.684 bits per heavy atom. The van der Waals surface area contributed by atoms with Gasteiger partial charge in [-0.15, -0.1) is 0 Å². The van der Waals surface area contributed by atoms with Crippen molar-refractivity contribution in [1.29, 1.82) is 0 Å². The van der Waals surface area contributed by atoms with E-state index in [4.69, 9.17) is 14.0 Å². The SMILES string of the molecule is CCCC/C=C\CCCCCCC(=O)NC(COC1OC(CO)C(O)C(OS(=O)(=O)O)C1O)C(O)/C=C/CCCCCCCCCCCCCCCCCCCC. The summed E-state index contributed by atoms with van der Waals surface area (Å²) in [5, 5.41) is 44.6. The fourth-order valence-electron chi connectivity index (χ4n) is 7.14. The van der Waals surface area contributed by atoms with Crippen LogP contribution in [0.25, 0.3) is 0 Å². The summed E-state index contributed by atoms with van der Waals surface area (Å²) < 4.78 is 47.5. The van der Waals surface area contributed by atoms with E-state index in [1.165, 1.54) is 116 Å². The van der Waals surface area contributed by atoms with Crippen molar-refractivity contribution in [2.45, 2.75) is 236 Å². The second kappa shape index (κ2) is 35.3. The predicted octanol–water partition coefficient (Wildman–Crippen LogP) is 8.55. The first-order chi connectivity index (χ1) is 27.5. The van der Waals surface area contributed by atoms with Crippen LogP contribution in [0.15, 0.2) is 24.3 Å². The summed E-state index contributed by atoms with van der Waals surface area (Å²) in [5.41, 5.74) is 0. The molecular weight excluding hydrogens is 751 g/mol. The third kappa shape index (κ3) is 28.6. The van der Waals surface area contributed by atoms with Crippen molar-refractivity contribution in [3.63, 3.8) is 0 Å². The van der Waals surface area contributed by atoms with Crippen LogP contribution in [0.3, 0.4) is 0 Å². The molecule has 0 aromatic rings. The molecule has 1 saturated heterocycles. The zero-order chi connectivity index (χ0) is 42.0. The molecule has 1 fully saturated rings. The molecule has 0 spiro atoms. The largest absolute Gasteiger partial charge is 0.397 e. The number of hydrogen-bond donors (Lipinski definition) is 6. The molecule has 1 heterocycles. The lowest BCUT2D eigenvalue weighted by Crippen LogP contribution is -2.61. The molecular formula is C44H83NO11S. The first-order valence-corrected chi connectivity index (χ1v) is 24.1. The highest BCUT2D eigenvalue weighted by molar-refractivity contribution is 7.80. The minimum Gasteiger partial charge on any atom is -0.394 e. The van der Waals surface area contributed by atoms with E-state index in [0.717, 1.165) is 51.4 Å². The van der Waals surface area contributed by atoms with Crippen LogP contribution in [0.1, 0.15) is 194 Å². The number of amides is 1. The molecule has 0 saturated carbocycles. The van der Waals surface area contributed by atoms with Gasteiger partial charge in [0, 0.05) is 6.42 Å². The number of carbonyl (C=O) groups is 1. The van der Waals surface area contributed by atoms with Gasteiger partial charge >= 0.3 is 10.4 Å². The molecule has 0 aromatic carbocycles. The first kappa shape index (κ1) is 53.6. The van der Waals surface area contributed by atoms with Gasteiger partial charge in [-0.05, 0) is 38.5 Å². The molecule has 1 rings (SSSR count). The molecule has 1 aliphatic rings. The van der Waals surface area contributed by atoms with Gasteiger partial charge in [-0.1, -0.05) is 173 Å². The van der Waals surface area contributed by atoms with Gasteiger partial charge in [-0.25, -0.2) is 4.18 Å². The van der Waals surface area contributed by atoms with Gasteiger partial charge in [0.1, 0.15) is 24.4 Å². The van der Waals surface area contributed by atoms with Crippen LogP contribution in [0.2, 0.25) is 0 Å². The quantitative estimate of drug-likeness (QED) is 0.0198. The Morgan fingerprint density at radius 2 is 1.14 bits per heavy atom. The molecule has 1 aliphatic heterocycles. The molecule has 6 N–H and O–H groups in total. The molecule has 0 bridgehead atoms. The Morgan fingerprint density at radius 3 is 1.63 bits per heavy atom. The second-order valence-electron chi connectivity index (χ2n) is 16.0. The monoisotopic (exact) mass is 834 g/mol. The Kier molecular flexibility index (Phi) is 33.2. The fraction of sp³-hybridized carbons (Fsp3) is 0.886. The summed E-state index contributed by atoms with van der Waals surface area (Å²) in [6, 6.07) is -0.946. The van der Waals surface area contributed by atoms with E-state index in [1.54, 1.807) is 6.08 Å². The van der Waals surface area contributed by atoms with Crippen molar-refractivity contribution in [3.8, 4) is 0 Å². The van der Waals surface area contributed by atoms with Gasteiger partial charge in [-0.2, -0.15) is 8.42 Å². The summed E-state index contributed by atoms with van der Waals surface area (Å²) in [7, 11) is -5.08. The highest BCUT2D eigenvalue weighted by Gasteiger charge is 2.48. The van der Waals surface area contributed by atoms with E-state index in [2.05, 4.69) is 35.5 Å². The van der Waals surface area contributed by atoms with Crippen molar-refractivity contribution < 1.29 is 51.8 Å². The summed E-state index contributed by atoms with van der Waals surface area (Å²) >= 11 is 0. The van der Waals surface area contributed by atoms with E-state index in [9.17, 15) is 33.6 Å². The summed E-state index contributed by atoms with van der Waals surface area (Å²) in [6.45, 7) is 3.32. The van der Waals surface area contributed by atoms with Crippen molar-refractivity contribution >= 4 is 16.3 Å². The van der Waals surface area contributed by atoms with Crippen LogP contribution in [-0.2, 0) is 28.9 Å². The van der Waals surface area contributed by atoms with Crippen LogP contribution >= 0.6 is 0 Å². The fourth-order valence-corrected chi connectivity index (χ4v) is 7.65. The smallest absolute Gasteiger partial charge is 0.394 e. The van der Waals surface area contributed by atoms with E-state index in [-0.39, 0.29) is 18.9 Å². The molecule has 336 valence electrons. The number of nitrogens with one attached hydrogen (secondary N) is 1. The first-order valence-electron chi connectivity index (χ1n) is 22.7. The number of ether oxygens (including phenoxy) is 2. The Hall–Kier alpha value is -1.42. The third-order valence-electron chi connectivity index (χ3n) is 10.7. The summed E-state index contributed by atoms with van der Waals surface area (Å²) in [5.74, 6) is -0.277. The molecule has 0 aromatic heterocycles. The van der Waals surface area contributed by atoms with Crippen molar-refractivity contribution in [3.05, 3.63) is 24.3 Å². The highest BCUT2D eigenvalue weighted by Crippen LogP contribution is 2.26. The molecule has 7 unspecified atom stereocenters. The van der Waals surface area contributed by atoms with Crippen LogP contribution in [0.5, 0.6) is 0 Å². The lowest BCUT2D eigenvalue weighted by Gasteiger charge is -2.41. The number of unbranched alkanes of at least 4 members (excludes halogenated alkanes) is 24. The molecule has 0 aliphatic carbocycles. The van der Waals surface area contributed by atoms with Crippen LogP contribution in [-0.4, -0.2) is 95.4 Å². The van der Waals surface area contributed by atoms with Crippen molar-refractivity contribution in [2.24, 2.45) is 0 Å². The minimum atomic E-state index is -5.08. The molecule has 13 heteroatoms. The van der Waals surface area contributed by atoms with Gasteiger partial charge in [-0.3, -0.25) is 9.35 Å². The maximum atomic E-state index is 12.9. The van der Waals surface area contributed by atoms with Crippen LogP contribution < -0.4 is 5.32 Å². The predicted molar refractivity (Wildman–Crippen MR) is 227 cm³/mol. The lowest BCUT2D eigenvalue weighted by molar-refractivity contribution is -0.298. The van der Waals surface area contributed by atoms with E-state index < -0.39 is 59.9 Å².